The van der Waals surface area contributed by atoms with Crippen LogP contribution in [0.3, 0.4) is 0 Å². The van der Waals surface area contributed by atoms with Crippen molar-refractivity contribution in [2.24, 2.45) is 5.92 Å². The molecule has 0 spiro atoms. The Morgan fingerprint density at radius 3 is 2.18 bits per heavy atom. The van der Waals surface area contributed by atoms with Crippen LogP contribution >= 0.6 is 0 Å². The molecule has 0 aliphatic rings. The molecule has 0 aliphatic heterocycles. The van der Waals surface area contributed by atoms with E-state index >= 15 is 0 Å². The molecular formula is C8H16O3. The molecule has 0 saturated carbocycles. The third kappa shape index (κ3) is 27.5. The average Bonchev–Trinajstić information content (AvgIpc) is 1.85. The molecule has 0 rings (SSSR count). The van der Waals surface area contributed by atoms with Crippen molar-refractivity contribution in [3.63, 3.8) is 0 Å². The summed E-state index contributed by atoms with van der Waals surface area (Å²) in [6.45, 7) is 9.32. The molecule has 0 aliphatic carbocycles. The summed E-state index contributed by atoms with van der Waals surface area (Å²) < 4.78 is 4.22. The SMILES string of the molecule is C=CC.CC(C)COC(=O)O. The summed E-state index contributed by atoms with van der Waals surface area (Å²) in [5.41, 5.74) is 0. The van der Waals surface area contributed by atoms with Gasteiger partial charge in [-0.05, 0) is 12.8 Å². The summed E-state index contributed by atoms with van der Waals surface area (Å²) in [4.78, 5) is 9.68. The minimum atomic E-state index is -1.20. The van der Waals surface area contributed by atoms with Gasteiger partial charge < -0.3 is 9.84 Å². The maximum Gasteiger partial charge on any atom is 0.505 e. The van der Waals surface area contributed by atoms with Crippen LogP contribution in [0, 0.1) is 5.92 Å². The van der Waals surface area contributed by atoms with Gasteiger partial charge in [0.25, 0.3) is 0 Å². The van der Waals surface area contributed by atoms with Crippen LogP contribution < -0.4 is 0 Å². The van der Waals surface area contributed by atoms with E-state index in [1.807, 2.05) is 20.8 Å². The molecule has 0 unspecified atom stereocenters. The van der Waals surface area contributed by atoms with Crippen molar-refractivity contribution < 1.29 is 14.6 Å². The Balaban J connectivity index is 0. The molecule has 0 radical (unpaired) electrons. The minimum absolute atomic E-state index is 0.283. The van der Waals surface area contributed by atoms with Crippen molar-refractivity contribution in [1.29, 1.82) is 0 Å². The van der Waals surface area contributed by atoms with Crippen LogP contribution in [0.25, 0.3) is 0 Å². The summed E-state index contributed by atoms with van der Waals surface area (Å²) in [7, 11) is 0. The van der Waals surface area contributed by atoms with Gasteiger partial charge >= 0.3 is 6.16 Å². The molecule has 0 atom stereocenters. The van der Waals surface area contributed by atoms with E-state index in [0.717, 1.165) is 0 Å². The standard InChI is InChI=1S/C5H10O3.C3H6/c1-4(2)3-8-5(6)7;1-3-2/h4H,3H2,1-2H3,(H,6,7);3H,1H2,2H3. The van der Waals surface area contributed by atoms with Gasteiger partial charge in [0.2, 0.25) is 0 Å². The third-order valence-corrected chi connectivity index (χ3v) is 0.540. The van der Waals surface area contributed by atoms with Crippen molar-refractivity contribution in [2.75, 3.05) is 6.61 Å². The van der Waals surface area contributed by atoms with E-state index in [-0.39, 0.29) is 12.5 Å². The molecule has 66 valence electrons. The van der Waals surface area contributed by atoms with Crippen molar-refractivity contribution in [1.82, 2.24) is 0 Å². The lowest BCUT2D eigenvalue weighted by atomic mass is 10.2. The first-order chi connectivity index (χ1) is 5.04. The smallest absolute Gasteiger partial charge is 0.450 e. The Bertz CT molecular complexity index is 108. The second-order valence-electron chi connectivity index (χ2n) is 2.38. The lowest BCUT2D eigenvalue weighted by molar-refractivity contribution is 0.0814. The molecule has 0 saturated heterocycles. The molecule has 0 aromatic rings. The van der Waals surface area contributed by atoms with Gasteiger partial charge in [-0.15, -0.1) is 6.58 Å². The highest BCUT2D eigenvalue weighted by molar-refractivity contribution is 5.56. The van der Waals surface area contributed by atoms with Gasteiger partial charge in [-0.25, -0.2) is 4.79 Å². The number of ether oxygens (including phenoxy) is 1. The maximum absolute atomic E-state index is 9.68. The van der Waals surface area contributed by atoms with Gasteiger partial charge in [0, 0.05) is 0 Å². The zero-order valence-corrected chi connectivity index (χ0v) is 7.33. The highest BCUT2D eigenvalue weighted by Gasteiger charge is 1.97. The highest BCUT2D eigenvalue weighted by Crippen LogP contribution is 1.91. The van der Waals surface area contributed by atoms with Crippen LogP contribution in [0.2, 0.25) is 0 Å². The number of carboxylic acid groups (broad SMARTS) is 1. The van der Waals surface area contributed by atoms with Crippen LogP contribution in [0.15, 0.2) is 12.7 Å². The van der Waals surface area contributed by atoms with Crippen LogP contribution in [0.5, 0.6) is 0 Å². The molecular weight excluding hydrogens is 144 g/mol. The van der Waals surface area contributed by atoms with Crippen LogP contribution in [0.4, 0.5) is 4.79 Å². The fourth-order valence-electron chi connectivity index (χ4n) is 0.238. The van der Waals surface area contributed by atoms with Crippen molar-refractivity contribution in [3.05, 3.63) is 12.7 Å². The first-order valence-electron chi connectivity index (χ1n) is 3.47. The Morgan fingerprint density at radius 2 is 2.09 bits per heavy atom. The van der Waals surface area contributed by atoms with Crippen LogP contribution in [-0.2, 0) is 4.74 Å². The van der Waals surface area contributed by atoms with E-state index in [2.05, 4.69) is 11.3 Å². The Kier molecular flexibility index (Phi) is 10.4. The Morgan fingerprint density at radius 1 is 1.73 bits per heavy atom. The molecule has 0 amide bonds. The van der Waals surface area contributed by atoms with Gasteiger partial charge in [0.1, 0.15) is 0 Å². The van der Waals surface area contributed by atoms with Crippen LogP contribution in [0.1, 0.15) is 20.8 Å². The monoisotopic (exact) mass is 160 g/mol. The predicted octanol–water partition coefficient (Wildman–Crippen LogP) is 2.53. The van der Waals surface area contributed by atoms with E-state index < -0.39 is 6.16 Å². The molecule has 0 heterocycles. The summed E-state index contributed by atoms with van der Waals surface area (Å²) in [6, 6.07) is 0. The van der Waals surface area contributed by atoms with Crippen LogP contribution in [-0.4, -0.2) is 17.9 Å². The Hall–Kier alpha value is -0.990. The molecule has 11 heavy (non-hydrogen) atoms. The van der Waals surface area contributed by atoms with E-state index in [1.165, 1.54) is 0 Å². The minimum Gasteiger partial charge on any atom is -0.450 e. The number of allylic oxidation sites excluding steroid dienone is 1. The number of rotatable bonds is 2. The molecule has 0 aromatic heterocycles. The zero-order valence-electron chi connectivity index (χ0n) is 7.33. The first kappa shape index (κ1) is 12.7. The van der Waals surface area contributed by atoms with E-state index in [1.54, 1.807) is 6.08 Å². The summed E-state index contributed by atoms with van der Waals surface area (Å²) in [5, 5.41) is 7.94. The first-order valence-corrected chi connectivity index (χ1v) is 3.47. The fourth-order valence-corrected chi connectivity index (χ4v) is 0.238. The van der Waals surface area contributed by atoms with E-state index in [0.29, 0.717) is 0 Å². The topological polar surface area (TPSA) is 46.5 Å². The third-order valence-electron chi connectivity index (χ3n) is 0.540. The average molecular weight is 160 g/mol. The van der Waals surface area contributed by atoms with E-state index in [9.17, 15) is 4.79 Å². The maximum atomic E-state index is 9.68. The van der Waals surface area contributed by atoms with Gasteiger partial charge in [-0.2, -0.15) is 0 Å². The normalized spacial score (nSPS) is 8.00. The van der Waals surface area contributed by atoms with Gasteiger partial charge in [-0.3, -0.25) is 0 Å². The van der Waals surface area contributed by atoms with Gasteiger partial charge in [0.15, 0.2) is 0 Å². The second-order valence-corrected chi connectivity index (χ2v) is 2.38. The highest BCUT2D eigenvalue weighted by atomic mass is 16.7. The zero-order chi connectivity index (χ0) is 9.28. The summed E-state index contributed by atoms with van der Waals surface area (Å²) in [6.07, 6.45) is 0.554. The van der Waals surface area contributed by atoms with E-state index in [4.69, 9.17) is 5.11 Å². The van der Waals surface area contributed by atoms with Crippen molar-refractivity contribution >= 4 is 6.16 Å². The number of carbonyl (C=O) groups is 1. The summed E-state index contributed by atoms with van der Waals surface area (Å²) >= 11 is 0. The Labute approximate surface area is 67.7 Å². The van der Waals surface area contributed by atoms with Gasteiger partial charge in [-0.1, -0.05) is 19.9 Å². The largest absolute Gasteiger partial charge is 0.505 e. The molecule has 0 bridgehead atoms. The number of hydrogen-bond acceptors (Lipinski definition) is 2. The lowest BCUT2D eigenvalue weighted by Gasteiger charge is -2.00. The van der Waals surface area contributed by atoms with Crippen molar-refractivity contribution in [3.8, 4) is 0 Å². The molecule has 3 nitrogen and oxygen atoms in total. The number of hydrogen-bond donors (Lipinski definition) is 1. The molecule has 0 aromatic carbocycles. The molecule has 3 heteroatoms. The quantitative estimate of drug-likeness (QED) is 0.498. The molecule has 1 N–H and O–H groups in total. The second kappa shape index (κ2) is 9.01. The predicted molar refractivity (Wildman–Crippen MR) is 44.7 cm³/mol. The molecule has 0 fully saturated rings. The lowest BCUT2D eigenvalue weighted by Crippen LogP contribution is -2.06. The van der Waals surface area contributed by atoms with Gasteiger partial charge in [0.05, 0.1) is 6.61 Å². The summed E-state index contributed by atoms with van der Waals surface area (Å²) in [5.74, 6) is 0.283. The fraction of sp³-hybridized carbons (Fsp3) is 0.625. The van der Waals surface area contributed by atoms with Crippen molar-refractivity contribution in [2.45, 2.75) is 20.8 Å².